The van der Waals surface area contributed by atoms with Crippen molar-refractivity contribution in [2.24, 2.45) is 5.41 Å². The molecule has 0 bridgehead atoms. The fraction of sp³-hybridized carbons (Fsp3) is 0.538. The smallest absolute Gasteiger partial charge is 0.396 e. The Labute approximate surface area is 105 Å². The number of aliphatic hydroxyl groups is 1. The summed E-state index contributed by atoms with van der Waals surface area (Å²) in [4.78, 5) is 0. The normalized spacial score (nSPS) is 15.2. The van der Waals surface area contributed by atoms with E-state index >= 15 is 0 Å². The van der Waals surface area contributed by atoms with Gasteiger partial charge in [0.15, 0.2) is 0 Å². The third kappa shape index (κ3) is 3.91. The van der Waals surface area contributed by atoms with Crippen LogP contribution in [0.25, 0.3) is 0 Å². The number of hydrogen-bond acceptors (Lipinski definition) is 2. The number of nitrogens with one attached hydrogen (secondary N) is 1. The van der Waals surface area contributed by atoms with Gasteiger partial charge in [-0.3, -0.25) is 0 Å². The van der Waals surface area contributed by atoms with Crippen LogP contribution in [0.1, 0.15) is 25.8 Å². The second kappa shape index (κ2) is 5.61. The van der Waals surface area contributed by atoms with Crippen molar-refractivity contribution < 1.29 is 18.3 Å². The maximum absolute atomic E-state index is 12.5. The van der Waals surface area contributed by atoms with Crippen molar-refractivity contribution in [2.75, 3.05) is 18.5 Å². The van der Waals surface area contributed by atoms with E-state index in [1.165, 1.54) is 6.07 Å². The maximum Gasteiger partial charge on any atom is 0.416 e. The van der Waals surface area contributed by atoms with Crippen LogP contribution < -0.4 is 5.32 Å². The molecule has 1 unspecified atom stereocenters. The van der Waals surface area contributed by atoms with Gasteiger partial charge >= 0.3 is 6.18 Å². The van der Waals surface area contributed by atoms with E-state index in [1.54, 1.807) is 6.07 Å². The van der Waals surface area contributed by atoms with Gasteiger partial charge < -0.3 is 10.4 Å². The van der Waals surface area contributed by atoms with E-state index in [4.69, 9.17) is 0 Å². The Hall–Kier alpha value is -1.23. The van der Waals surface area contributed by atoms with Gasteiger partial charge in [0.2, 0.25) is 0 Å². The van der Waals surface area contributed by atoms with Gasteiger partial charge in [0.1, 0.15) is 0 Å². The minimum Gasteiger partial charge on any atom is -0.396 e. The summed E-state index contributed by atoms with van der Waals surface area (Å²) in [5, 5.41) is 12.2. The van der Waals surface area contributed by atoms with Gasteiger partial charge in [0.05, 0.1) is 12.2 Å². The predicted molar refractivity (Wildman–Crippen MR) is 65.4 cm³/mol. The monoisotopic (exact) mass is 261 g/mol. The molecular weight excluding hydrogens is 243 g/mol. The van der Waals surface area contributed by atoms with Crippen molar-refractivity contribution in [1.29, 1.82) is 0 Å². The lowest BCUT2D eigenvalue weighted by molar-refractivity contribution is -0.137. The summed E-state index contributed by atoms with van der Waals surface area (Å²) in [6.07, 6.45) is -3.59. The molecule has 0 aromatic heterocycles. The first-order valence-corrected chi connectivity index (χ1v) is 5.83. The zero-order valence-electron chi connectivity index (χ0n) is 10.5. The fourth-order valence-electron chi connectivity index (χ4n) is 1.41. The first-order valence-electron chi connectivity index (χ1n) is 5.83. The molecule has 0 heterocycles. The molecule has 0 radical (unpaired) electrons. The van der Waals surface area contributed by atoms with Crippen LogP contribution in [-0.2, 0) is 6.18 Å². The van der Waals surface area contributed by atoms with E-state index in [0.717, 1.165) is 18.6 Å². The first kappa shape index (κ1) is 14.8. The number of alkyl halides is 3. The van der Waals surface area contributed by atoms with Crippen molar-refractivity contribution in [3.05, 3.63) is 29.8 Å². The number of aliphatic hydroxyl groups excluding tert-OH is 1. The van der Waals surface area contributed by atoms with Crippen LogP contribution >= 0.6 is 0 Å². The summed E-state index contributed by atoms with van der Waals surface area (Å²) in [5.74, 6) is 0. The largest absolute Gasteiger partial charge is 0.416 e. The Morgan fingerprint density at radius 2 is 1.94 bits per heavy atom. The number of halogens is 3. The van der Waals surface area contributed by atoms with Crippen molar-refractivity contribution in [3.63, 3.8) is 0 Å². The van der Waals surface area contributed by atoms with Gasteiger partial charge in [-0.2, -0.15) is 13.2 Å². The van der Waals surface area contributed by atoms with E-state index in [9.17, 15) is 18.3 Å². The van der Waals surface area contributed by atoms with E-state index in [1.807, 2.05) is 13.8 Å². The van der Waals surface area contributed by atoms with Crippen LogP contribution in [0, 0.1) is 5.41 Å². The highest BCUT2D eigenvalue weighted by Gasteiger charge is 2.30. The topological polar surface area (TPSA) is 32.3 Å². The Bertz CT molecular complexity index is 386. The molecule has 0 spiro atoms. The first-order chi connectivity index (χ1) is 8.30. The van der Waals surface area contributed by atoms with Crippen LogP contribution in [0.4, 0.5) is 18.9 Å². The molecule has 0 aliphatic rings. The Morgan fingerprint density at radius 3 is 2.44 bits per heavy atom. The van der Waals surface area contributed by atoms with Crippen LogP contribution in [-0.4, -0.2) is 18.3 Å². The molecule has 0 aliphatic heterocycles. The van der Waals surface area contributed by atoms with Crippen LogP contribution in [0.2, 0.25) is 0 Å². The average Bonchev–Trinajstić information content (AvgIpc) is 2.35. The summed E-state index contributed by atoms with van der Waals surface area (Å²) in [5.41, 5.74) is -0.582. The van der Waals surface area contributed by atoms with E-state index in [2.05, 4.69) is 5.32 Å². The quantitative estimate of drug-likeness (QED) is 0.850. The van der Waals surface area contributed by atoms with Crippen molar-refractivity contribution in [1.82, 2.24) is 0 Å². The van der Waals surface area contributed by atoms with Crippen molar-refractivity contribution in [2.45, 2.75) is 26.4 Å². The zero-order chi connectivity index (χ0) is 13.8. The zero-order valence-corrected chi connectivity index (χ0v) is 10.5. The number of benzene rings is 1. The minimum atomic E-state index is -4.33. The second-order valence-corrected chi connectivity index (χ2v) is 4.75. The molecule has 0 fully saturated rings. The van der Waals surface area contributed by atoms with Gasteiger partial charge in [-0.25, -0.2) is 0 Å². The molecule has 0 amide bonds. The highest BCUT2D eigenvalue weighted by Crippen LogP contribution is 2.31. The number of rotatable bonds is 5. The van der Waals surface area contributed by atoms with Crippen molar-refractivity contribution in [3.8, 4) is 0 Å². The molecule has 2 nitrogen and oxygen atoms in total. The number of anilines is 1. The summed E-state index contributed by atoms with van der Waals surface area (Å²) in [6, 6.07) is 5.07. The highest BCUT2D eigenvalue weighted by atomic mass is 19.4. The maximum atomic E-state index is 12.5. The SMILES string of the molecule is CCC(C)(CO)CNc1cccc(C(F)(F)F)c1. The van der Waals surface area contributed by atoms with Crippen LogP contribution in [0.5, 0.6) is 0 Å². The summed E-state index contributed by atoms with van der Waals surface area (Å²) in [6.45, 7) is 4.24. The molecule has 1 rings (SSSR count). The molecule has 0 saturated heterocycles. The van der Waals surface area contributed by atoms with Gasteiger partial charge in [0.25, 0.3) is 0 Å². The molecule has 1 aromatic rings. The van der Waals surface area contributed by atoms with Gasteiger partial charge in [-0.1, -0.05) is 19.9 Å². The lowest BCUT2D eigenvalue weighted by Gasteiger charge is -2.26. The molecule has 0 aliphatic carbocycles. The molecular formula is C13H18F3NO. The molecule has 102 valence electrons. The number of hydrogen-bond donors (Lipinski definition) is 2. The van der Waals surface area contributed by atoms with Crippen LogP contribution in [0.15, 0.2) is 24.3 Å². The van der Waals surface area contributed by atoms with E-state index in [-0.39, 0.29) is 12.0 Å². The van der Waals surface area contributed by atoms with Gasteiger partial charge in [-0.05, 0) is 24.6 Å². The molecule has 5 heteroatoms. The minimum absolute atomic E-state index is 0.00450. The van der Waals surface area contributed by atoms with Gasteiger partial charge in [-0.15, -0.1) is 0 Å². The lowest BCUT2D eigenvalue weighted by Crippen LogP contribution is -2.29. The van der Waals surface area contributed by atoms with Crippen LogP contribution in [0.3, 0.4) is 0 Å². The molecule has 2 N–H and O–H groups in total. The third-order valence-electron chi connectivity index (χ3n) is 3.14. The summed E-state index contributed by atoms with van der Waals surface area (Å²) >= 11 is 0. The Morgan fingerprint density at radius 1 is 1.28 bits per heavy atom. The molecule has 1 aromatic carbocycles. The Kier molecular flexibility index (Phi) is 4.62. The van der Waals surface area contributed by atoms with Gasteiger partial charge in [0, 0.05) is 17.6 Å². The molecule has 1 atom stereocenters. The summed E-state index contributed by atoms with van der Waals surface area (Å²) in [7, 11) is 0. The Balaban J connectivity index is 2.75. The summed E-state index contributed by atoms with van der Waals surface area (Å²) < 4.78 is 37.5. The second-order valence-electron chi connectivity index (χ2n) is 4.75. The predicted octanol–water partition coefficient (Wildman–Crippen LogP) is 3.53. The third-order valence-corrected chi connectivity index (χ3v) is 3.14. The standard InChI is InChI=1S/C13H18F3NO/c1-3-12(2,9-18)8-17-11-6-4-5-10(7-11)13(14,15)16/h4-7,17-18H,3,8-9H2,1-2H3. The average molecular weight is 261 g/mol. The van der Waals surface area contributed by atoms with E-state index in [0.29, 0.717) is 12.2 Å². The van der Waals surface area contributed by atoms with Crippen molar-refractivity contribution >= 4 is 5.69 Å². The highest BCUT2D eigenvalue weighted by molar-refractivity contribution is 5.46. The fourth-order valence-corrected chi connectivity index (χ4v) is 1.41. The molecule has 18 heavy (non-hydrogen) atoms. The van der Waals surface area contributed by atoms with E-state index < -0.39 is 11.7 Å². The lowest BCUT2D eigenvalue weighted by atomic mass is 9.88. The molecule has 0 saturated carbocycles.